The molecule has 5 heteroatoms. The number of hydrogen-bond acceptors (Lipinski definition) is 4. The molecular formula is C19H26N4O. The van der Waals surface area contributed by atoms with Crippen LogP contribution in [0.3, 0.4) is 0 Å². The van der Waals surface area contributed by atoms with Gasteiger partial charge in [-0.15, -0.1) is 0 Å². The second-order valence-corrected chi connectivity index (χ2v) is 7.10. The molecule has 2 aromatic heterocycles. The van der Waals surface area contributed by atoms with Crippen molar-refractivity contribution < 1.29 is 4.74 Å². The summed E-state index contributed by atoms with van der Waals surface area (Å²) >= 11 is 0. The van der Waals surface area contributed by atoms with Gasteiger partial charge in [-0.25, -0.2) is 0 Å². The van der Waals surface area contributed by atoms with Gasteiger partial charge in [-0.2, -0.15) is 5.10 Å². The highest BCUT2D eigenvalue weighted by molar-refractivity contribution is 5.26. The van der Waals surface area contributed by atoms with Gasteiger partial charge in [0.1, 0.15) is 0 Å². The van der Waals surface area contributed by atoms with Gasteiger partial charge in [0.25, 0.3) is 0 Å². The van der Waals surface area contributed by atoms with Gasteiger partial charge in [0.15, 0.2) is 0 Å². The fraction of sp³-hybridized carbons (Fsp3) is 0.579. The molecule has 1 atom stereocenters. The van der Waals surface area contributed by atoms with Gasteiger partial charge >= 0.3 is 0 Å². The largest absolute Gasteiger partial charge is 0.380 e. The number of aryl methyl sites for hydroxylation is 1. The molecule has 0 aromatic carbocycles. The van der Waals surface area contributed by atoms with Crippen LogP contribution < -0.4 is 0 Å². The highest BCUT2D eigenvalue weighted by Crippen LogP contribution is 2.31. The highest BCUT2D eigenvalue weighted by Gasteiger charge is 2.29. The van der Waals surface area contributed by atoms with E-state index in [-0.39, 0.29) is 0 Å². The Morgan fingerprint density at radius 2 is 2.21 bits per heavy atom. The van der Waals surface area contributed by atoms with E-state index in [2.05, 4.69) is 33.8 Å². The standard InChI is InChI=1S/C19H26N4O/c1-2-23-11-18-17(14-24-13-15-5-6-15)10-22(12-19(18)21-23)9-16-4-3-7-20-8-16/h3-4,7-8,11,15,17H,2,5-6,9-10,12-14H2,1H3. The Bertz CT molecular complexity index is 665. The van der Waals surface area contributed by atoms with Crippen molar-refractivity contribution in [1.29, 1.82) is 0 Å². The Hall–Kier alpha value is -1.72. The summed E-state index contributed by atoms with van der Waals surface area (Å²) in [6, 6.07) is 4.15. The average molecular weight is 326 g/mol. The maximum absolute atomic E-state index is 6.02. The van der Waals surface area contributed by atoms with Crippen molar-refractivity contribution in [2.45, 2.75) is 45.3 Å². The van der Waals surface area contributed by atoms with Crippen molar-refractivity contribution in [3.63, 3.8) is 0 Å². The number of aromatic nitrogens is 3. The van der Waals surface area contributed by atoms with Crippen LogP contribution in [-0.2, 0) is 24.4 Å². The zero-order valence-electron chi connectivity index (χ0n) is 14.4. The molecule has 1 aliphatic carbocycles. The normalized spacial score (nSPS) is 21.0. The molecule has 0 N–H and O–H groups in total. The first-order chi connectivity index (χ1) is 11.8. The van der Waals surface area contributed by atoms with E-state index in [1.54, 1.807) is 0 Å². The number of nitrogens with zero attached hydrogens (tertiary/aromatic N) is 4. The summed E-state index contributed by atoms with van der Waals surface area (Å²) in [4.78, 5) is 6.71. The maximum Gasteiger partial charge on any atom is 0.0801 e. The molecule has 1 fully saturated rings. The first kappa shape index (κ1) is 15.8. The molecule has 0 saturated heterocycles. The lowest BCUT2D eigenvalue weighted by molar-refractivity contribution is 0.0890. The lowest BCUT2D eigenvalue weighted by Crippen LogP contribution is -2.35. The molecule has 2 aromatic rings. The van der Waals surface area contributed by atoms with E-state index in [1.165, 1.54) is 29.7 Å². The van der Waals surface area contributed by atoms with E-state index in [4.69, 9.17) is 9.84 Å². The molecule has 1 aliphatic heterocycles. The Morgan fingerprint density at radius 1 is 1.29 bits per heavy atom. The van der Waals surface area contributed by atoms with Crippen molar-refractivity contribution in [3.8, 4) is 0 Å². The lowest BCUT2D eigenvalue weighted by atomic mass is 9.95. The summed E-state index contributed by atoms with van der Waals surface area (Å²) in [5.74, 6) is 1.24. The van der Waals surface area contributed by atoms with Crippen LogP contribution >= 0.6 is 0 Å². The molecule has 0 amide bonds. The molecule has 128 valence electrons. The predicted octanol–water partition coefficient (Wildman–Crippen LogP) is 2.82. The first-order valence-corrected chi connectivity index (χ1v) is 9.07. The minimum Gasteiger partial charge on any atom is -0.380 e. The number of rotatable bonds is 7. The van der Waals surface area contributed by atoms with Crippen molar-refractivity contribution in [2.24, 2.45) is 5.92 Å². The molecule has 0 bridgehead atoms. The second-order valence-electron chi connectivity index (χ2n) is 7.10. The Labute approximate surface area is 143 Å². The highest BCUT2D eigenvalue weighted by atomic mass is 16.5. The number of hydrogen-bond donors (Lipinski definition) is 0. The van der Waals surface area contributed by atoms with Crippen molar-refractivity contribution in [2.75, 3.05) is 19.8 Å². The smallest absolute Gasteiger partial charge is 0.0801 e. The topological polar surface area (TPSA) is 43.2 Å². The average Bonchev–Trinajstić information content (AvgIpc) is 3.32. The van der Waals surface area contributed by atoms with Crippen molar-refractivity contribution in [3.05, 3.63) is 47.5 Å². The van der Waals surface area contributed by atoms with Gasteiger partial charge in [0.05, 0.1) is 12.3 Å². The Kier molecular flexibility index (Phi) is 4.63. The van der Waals surface area contributed by atoms with Crippen LogP contribution in [0, 0.1) is 5.92 Å². The predicted molar refractivity (Wildman–Crippen MR) is 92.5 cm³/mol. The molecule has 5 nitrogen and oxygen atoms in total. The fourth-order valence-corrected chi connectivity index (χ4v) is 3.46. The van der Waals surface area contributed by atoms with Gasteiger partial charge in [-0.1, -0.05) is 6.07 Å². The van der Waals surface area contributed by atoms with Crippen molar-refractivity contribution >= 4 is 0 Å². The quantitative estimate of drug-likeness (QED) is 0.785. The second kappa shape index (κ2) is 7.03. The third kappa shape index (κ3) is 3.68. The van der Waals surface area contributed by atoms with Crippen LogP contribution in [-0.4, -0.2) is 39.4 Å². The van der Waals surface area contributed by atoms with E-state index in [1.807, 2.05) is 18.5 Å². The molecule has 0 spiro atoms. The van der Waals surface area contributed by atoms with Crippen LogP contribution in [0.25, 0.3) is 0 Å². The van der Waals surface area contributed by atoms with Crippen LogP contribution in [0.15, 0.2) is 30.7 Å². The number of fused-ring (bicyclic) bond motifs is 1. The first-order valence-electron chi connectivity index (χ1n) is 9.07. The third-order valence-electron chi connectivity index (χ3n) is 4.98. The van der Waals surface area contributed by atoms with Crippen LogP contribution in [0.4, 0.5) is 0 Å². The fourth-order valence-electron chi connectivity index (χ4n) is 3.46. The molecule has 0 radical (unpaired) electrons. The summed E-state index contributed by atoms with van der Waals surface area (Å²) in [7, 11) is 0. The van der Waals surface area contributed by atoms with Gasteiger partial charge in [-0.3, -0.25) is 14.6 Å². The van der Waals surface area contributed by atoms with E-state index in [0.717, 1.165) is 45.3 Å². The Morgan fingerprint density at radius 3 is 2.96 bits per heavy atom. The SMILES string of the molecule is CCn1cc2c(n1)CN(Cc1cccnc1)CC2COCC1CC1. The zero-order chi connectivity index (χ0) is 16.4. The molecule has 2 aliphatic rings. The minimum absolute atomic E-state index is 0.421. The molecule has 4 rings (SSSR count). The van der Waals surface area contributed by atoms with Crippen LogP contribution in [0.2, 0.25) is 0 Å². The van der Waals surface area contributed by atoms with Gasteiger partial charge in [-0.05, 0) is 37.3 Å². The number of ether oxygens (including phenoxy) is 1. The Balaban J connectivity index is 1.47. The van der Waals surface area contributed by atoms with Gasteiger partial charge < -0.3 is 4.74 Å². The van der Waals surface area contributed by atoms with Crippen LogP contribution in [0.5, 0.6) is 0 Å². The maximum atomic E-state index is 6.02. The summed E-state index contributed by atoms with van der Waals surface area (Å²) in [5, 5.41) is 4.77. The monoisotopic (exact) mass is 326 g/mol. The number of pyridine rings is 1. The summed E-state index contributed by atoms with van der Waals surface area (Å²) in [6.45, 7) is 7.66. The van der Waals surface area contributed by atoms with E-state index in [0.29, 0.717) is 5.92 Å². The summed E-state index contributed by atoms with van der Waals surface area (Å²) < 4.78 is 8.08. The molecule has 1 unspecified atom stereocenters. The third-order valence-corrected chi connectivity index (χ3v) is 4.98. The zero-order valence-corrected chi connectivity index (χ0v) is 14.4. The van der Waals surface area contributed by atoms with Crippen molar-refractivity contribution in [1.82, 2.24) is 19.7 Å². The minimum atomic E-state index is 0.421. The summed E-state index contributed by atoms with van der Waals surface area (Å²) in [6.07, 6.45) is 8.70. The van der Waals surface area contributed by atoms with Gasteiger partial charge in [0, 0.05) is 62.9 Å². The van der Waals surface area contributed by atoms with Gasteiger partial charge in [0.2, 0.25) is 0 Å². The summed E-state index contributed by atoms with van der Waals surface area (Å²) in [5.41, 5.74) is 3.86. The van der Waals surface area contributed by atoms with Crippen LogP contribution in [0.1, 0.15) is 42.5 Å². The van der Waals surface area contributed by atoms with E-state index in [9.17, 15) is 0 Å². The van der Waals surface area contributed by atoms with E-state index < -0.39 is 0 Å². The molecular weight excluding hydrogens is 300 g/mol. The van der Waals surface area contributed by atoms with E-state index >= 15 is 0 Å². The molecule has 24 heavy (non-hydrogen) atoms. The molecule has 1 saturated carbocycles. The lowest BCUT2D eigenvalue weighted by Gasteiger charge is -2.32. The molecule has 3 heterocycles.